The SMILES string of the molecule is NC(=O)c1cc(O)ccc1S(N)(=O)=O. The van der Waals surface area contributed by atoms with Crippen molar-refractivity contribution in [3.8, 4) is 5.75 Å². The van der Waals surface area contributed by atoms with E-state index in [2.05, 4.69) is 0 Å². The van der Waals surface area contributed by atoms with Gasteiger partial charge in [-0.2, -0.15) is 0 Å². The van der Waals surface area contributed by atoms with Crippen molar-refractivity contribution >= 4 is 15.9 Å². The number of hydrogen-bond acceptors (Lipinski definition) is 4. The van der Waals surface area contributed by atoms with Crippen LogP contribution in [0.1, 0.15) is 10.4 Å². The lowest BCUT2D eigenvalue weighted by molar-refractivity contribution is 0.0996. The van der Waals surface area contributed by atoms with Gasteiger partial charge in [-0.05, 0) is 18.2 Å². The van der Waals surface area contributed by atoms with Crippen molar-refractivity contribution in [1.82, 2.24) is 0 Å². The predicted octanol–water partition coefficient (Wildman–Crippen LogP) is -0.862. The third-order valence-electron chi connectivity index (χ3n) is 1.54. The molecule has 1 rings (SSSR count). The molecule has 0 aliphatic carbocycles. The van der Waals surface area contributed by atoms with Crippen molar-refractivity contribution in [2.45, 2.75) is 4.90 Å². The molecule has 0 saturated carbocycles. The molecule has 5 N–H and O–H groups in total. The largest absolute Gasteiger partial charge is 0.508 e. The number of amides is 1. The highest BCUT2D eigenvalue weighted by Crippen LogP contribution is 2.19. The zero-order valence-corrected chi connectivity index (χ0v) is 7.78. The first kappa shape index (κ1) is 10.5. The van der Waals surface area contributed by atoms with Gasteiger partial charge >= 0.3 is 0 Å². The molecule has 0 aliphatic heterocycles. The molecule has 1 aromatic rings. The summed E-state index contributed by atoms with van der Waals surface area (Å²) in [6.07, 6.45) is 0. The van der Waals surface area contributed by atoms with Crippen molar-refractivity contribution < 1.29 is 18.3 Å². The van der Waals surface area contributed by atoms with Crippen LogP contribution in [0.25, 0.3) is 0 Å². The highest BCUT2D eigenvalue weighted by Gasteiger charge is 2.17. The molecule has 0 heterocycles. The van der Waals surface area contributed by atoms with E-state index in [1.165, 1.54) is 0 Å². The van der Waals surface area contributed by atoms with Crippen LogP contribution >= 0.6 is 0 Å². The molecule has 0 fully saturated rings. The van der Waals surface area contributed by atoms with Crippen molar-refractivity contribution in [2.75, 3.05) is 0 Å². The third kappa shape index (κ3) is 2.01. The summed E-state index contributed by atoms with van der Waals surface area (Å²) in [4.78, 5) is 10.4. The van der Waals surface area contributed by atoms with Crippen LogP contribution in [-0.4, -0.2) is 19.4 Å². The quantitative estimate of drug-likeness (QED) is 0.594. The molecule has 0 aliphatic rings. The summed E-state index contributed by atoms with van der Waals surface area (Å²) in [6.45, 7) is 0. The molecule has 0 radical (unpaired) electrons. The second kappa shape index (κ2) is 3.28. The summed E-state index contributed by atoms with van der Waals surface area (Å²) in [7, 11) is -4.01. The van der Waals surface area contributed by atoms with E-state index in [0.29, 0.717) is 0 Å². The standard InChI is InChI=1S/C7H8N2O4S/c8-7(11)5-3-4(10)1-2-6(5)14(9,12)13/h1-3,10H,(H2,8,11)(H2,9,12,13). The van der Waals surface area contributed by atoms with Crippen LogP contribution in [0.2, 0.25) is 0 Å². The van der Waals surface area contributed by atoms with E-state index in [1.54, 1.807) is 0 Å². The Morgan fingerprint density at radius 2 is 1.93 bits per heavy atom. The van der Waals surface area contributed by atoms with Crippen molar-refractivity contribution in [1.29, 1.82) is 0 Å². The Bertz CT molecular complexity index is 480. The van der Waals surface area contributed by atoms with Crippen LogP contribution in [-0.2, 0) is 10.0 Å². The Kier molecular flexibility index (Phi) is 2.45. The van der Waals surface area contributed by atoms with Crippen molar-refractivity contribution in [3.63, 3.8) is 0 Å². The van der Waals surface area contributed by atoms with E-state index in [1.807, 2.05) is 0 Å². The summed E-state index contributed by atoms with van der Waals surface area (Å²) in [6, 6.07) is 3.07. The van der Waals surface area contributed by atoms with Gasteiger partial charge in [-0.25, -0.2) is 13.6 Å². The molecule has 1 aromatic carbocycles. The van der Waals surface area contributed by atoms with Gasteiger partial charge in [0.1, 0.15) is 5.75 Å². The maximum absolute atomic E-state index is 11.0. The molecule has 6 nitrogen and oxygen atoms in total. The summed E-state index contributed by atoms with van der Waals surface area (Å²) in [5, 5.41) is 13.8. The molecule has 0 spiro atoms. The smallest absolute Gasteiger partial charge is 0.250 e. The van der Waals surface area contributed by atoms with Gasteiger partial charge in [0.2, 0.25) is 15.9 Å². The number of nitrogens with two attached hydrogens (primary N) is 2. The van der Waals surface area contributed by atoms with Crippen molar-refractivity contribution in [2.24, 2.45) is 10.9 Å². The summed E-state index contributed by atoms with van der Waals surface area (Å²) in [5.41, 5.74) is 4.58. The molecule has 0 atom stereocenters. The minimum atomic E-state index is -4.01. The van der Waals surface area contributed by atoms with Crippen LogP contribution in [0.4, 0.5) is 0 Å². The van der Waals surface area contributed by atoms with Gasteiger partial charge in [0.05, 0.1) is 10.5 Å². The second-order valence-electron chi connectivity index (χ2n) is 2.59. The molecule has 76 valence electrons. The fourth-order valence-electron chi connectivity index (χ4n) is 0.959. The van der Waals surface area contributed by atoms with E-state index in [4.69, 9.17) is 16.0 Å². The lowest BCUT2D eigenvalue weighted by atomic mass is 10.2. The monoisotopic (exact) mass is 216 g/mol. The maximum Gasteiger partial charge on any atom is 0.250 e. The van der Waals surface area contributed by atoms with Gasteiger partial charge in [0.15, 0.2) is 0 Å². The number of primary amides is 1. The maximum atomic E-state index is 11.0. The molecular weight excluding hydrogens is 208 g/mol. The molecule has 14 heavy (non-hydrogen) atoms. The number of aromatic hydroxyl groups is 1. The third-order valence-corrected chi connectivity index (χ3v) is 2.50. The van der Waals surface area contributed by atoms with E-state index >= 15 is 0 Å². The number of carbonyl (C=O) groups is 1. The van der Waals surface area contributed by atoms with Gasteiger partial charge in [-0.1, -0.05) is 0 Å². The highest BCUT2D eigenvalue weighted by atomic mass is 32.2. The van der Waals surface area contributed by atoms with Crippen LogP contribution < -0.4 is 10.9 Å². The van der Waals surface area contributed by atoms with E-state index < -0.39 is 20.8 Å². The Hall–Kier alpha value is -1.60. The van der Waals surface area contributed by atoms with Crippen LogP contribution in [0.5, 0.6) is 5.75 Å². The van der Waals surface area contributed by atoms with E-state index in [0.717, 1.165) is 18.2 Å². The highest BCUT2D eigenvalue weighted by molar-refractivity contribution is 7.89. The number of phenolic OH excluding ortho intramolecular Hbond substituents is 1. The Balaban J connectivity index is 3.53. The number of hydrogen-bond donors (Lipinski definition) is 3. The molecule has 7 heteroatoms. The minimum Gasteiger partial charge on any atom is -0.508 e. The van der Waals surface area contributed by atoms with Crippen LogP contribution in [0.3, 0.4) is 0 Å². The topological polar surface area (TPSA) is 123 Å². The molecule has 0 saturated heterocycles. The van der Waals surface area contributed by atoms with E-state index in [9.17, 15) is 13.2 Å². The van der Waals surface area contributed by atoms with Gasteiger partial charge < -0.3 is 10.8 Å². The summed E-state index contributed by atoms with van der Waals surface area (Å²) < 4.78 is 21.9. The molecule has 0 bridgehead atoms. The molecular formula is C7H8N2O4S. The van der Waals surface area contributed by atoms with Gasteiger partial charge in [0, 0.05) is 0 Å². The second-order valence-corrected chi connectivity index (χ2v) is 4.12. The predicted molar refractivity (Wildman–Crippen MR) is 48.0 cm³/mol. The van der Waals surface area contributed by atoms with Gasteiger partial charge in [-0.3, -0.25) is 4.79 Å². The first-order valence-electron chi connectivity index (χ1n) is 3.48. The zero-order valence-electron chi connectivity index (χ0n) is 6.97. The number of benzene rings is 1. The lowest BCUT2D eigenvalue weighted by Gasteiger charge is -2.04. The molecule has 0 unspecified atom stereocenters. The van der Waals surface area contributed by atoms with Gasteiger partial charge in [0.25, 0.3) is 0 Å². The van der Waals surface area contributed by atoms with Gasteiger partial charge in [-0.15, -0.1) is 0 Å². The number of rotatable bonds is 2. The normalized spacial score (nSPS) is 11.2. The van der Waals surface area contributed by atoms with Crippen molar-refractivity contribution in [3.05, 3.63) is 23.8 Å². The lowest BCUT2D eigenvalue weighted by Crippen LogP contribution is -2.20. The molecule has 0 aromatic heterocycles. The molecule has 1 amide bonds. The Labute approximate surface area is 80.2 Å². The zero-order chi connectivity index (χ0) is 10.9. The first-order chi connectivity index (χ1) is 6.32. The number of primary sulfonamides is 1. The average molecular weight is 216 g/mol. The first-order valence-corrected chi connectivity index (χ1v) is 5.02. The Morgan fingerprint density at radius 3 is 2.36 bits per heavy atom. The number of carbonyl (C=O) groups excluding carboxylic acids is 1. The summed E-state index contributed by atoms with van der Waals surface area (Å²) >= 11 is 0. The van der Waals surface area contributed by atoms with E-state index in [-0.39, 0.29) is 11.3 Å². The number of sulfonamides is 1. The van der Waals surface area contributed by atoms with Crippen LogP contribution in [0, 0.1) is 0 Å². The Morgan fingerprint density at radius 1 is 1.36 bits per heavy atom. The number of phenols is 1. The summed E-state index contributed by atoms with van der Waals surface area (Å²) in [5.74, 6) is -1.23. The average Bonchev–Trinajstić information content (AvgIpc) is 2.01. The fourth-order valence-corrected chi connectivity index (χ4v) is 1.68. The minimum absolute atomic E-state index is 0.258. The van der Waals surface area contributed by atoms with Crippen LogP contribution in [0.15, 0.2) is 23.1 Å². The fraction of sp³-hybridized carbons (Fsp3) is 0.